The first kappa shape index (κ1) is 13.7. The van der Waals surface area contributed by atoms with Crippen LogP contribution in [0.2, 0.25) is 0 Å². The van der Waals surface area contributed by atoms with E-state index in [4.69, 9.17) is 10.5 Å². The predicted octanol–water partition coefficient (Wildman–Crippen LogP) is 0.460. The van der Waals surface area contributed by atoms with Crippen molar-refractivity contribution in [3.8, 4) is 0 Å². The van der Waals surface area contributed by atoms with Crippen molar-refractivity contribution in [2.75, 3.05) is 6.61 Å². The van der Waals surface area contributed by atoms with Gasteiger partial charge in [0.15, 0.2) is 0 Å². The lowest BCUT2D eigenvalue weighted by atomic mass is 9.67. The molecule has 0 saturated heterocycles. The van der Waals surface area contributed by atoms with Gasteiger partial charge in [-0.2, -0.15) is 0 Å². The Labute approximate surface area is 90.2 Å². The number of hydrogen-bond donors (Lipinski definition) is 2. The lowest BCUT2D eigenvalue weighted by Gasteiger charge is -2.44. The van der Waals surface area contributed by atoms with Gasteiger partial charge in [-0.15, -0.1) is 12.4 Å². The molecule has 0 aromatic heterocycles. The van der Waals surface area contributed by atoms with Crippen LogP contribution in [0.1, 0.15) is 26.7 Å². The number of nitrogens with two attached hydrogens (primary N) is 1. The second-order valence-electron chi connectivity index (χ2n) is 3.75. The lowest BCUT2D eigenvalue weighted by Crippen LogP contribution is -2.57. The number of hydrogen-bond acceptors (Lipinski definition) is 4. The summed E-state index contributed by atoms with van der Waals surface area (Å²) in [7, 11) is 0. The second-order valence-corrected chi connectivity index (χ2v) is 3.75. The lowest BCUT2D eigenvalue weighted by molar-refractivity contribution is -0.166. The minimum absolute atomic E-state index is 0. The van der Waals surface area contributed by atoms with Gasteiger partial charge >= 0.3 is 5.97 Å². The third kappa shape index (κ3) is 2.59. The zero-order valence-electron chi connectivity index (χ0n) is 8.53. The minimum atomic E-state index is -0.850. The van der Waals surface area contributed by atoms with Gasteiger partial charge in [0.05, 0.1) is 18.1 Å². The summed E-state index contributed by atoms with van der Waals surface area (Å²) in [5.41, 5.74) is 4.72. The topological polar surface area (TPSA) is 72.5 Å². The Morgan fingerprint density at radius 2 is 2.21 bits per heavy atom. The van der Waals surface area contributed by atoms with Crippen molar-refractivity contribution in [2.24, 2.45) is 11.7 Å². The largest absolute Gasteiger partial charge is 0.466 e. The molecule has 1 atom stereocenters. The van der Waals surface area contributed by atoms with Gasteiger partial charge < -0.3 is 15.6 Å². The highest BCUT2D eigenvalue weighted by molar-refractivity contribution is 5.85. The van der Waals surface area contributed by atoms with Crippen LogP contribution in [-0.4, -0.2) is 29.3 Å². The Hall–Kier alpha value is -0.320. The summed E-state index contributed by atoms with van der Waals surface area (Å²) in [4.78, 5) is 11.2. The van der Waals surface area contributed by atoms with E-state index >= 15 is 0 Å². The average molecular weight is 224 g/mol. The normalized spacial score (nSPS) is 32.4. The number of rotatable bonds is 3. The fourth-order valence-corrected chi connectivity index (χ4v) is 1.59. The monoisotopic (exact) mass is 223 g/mol. The maximum Gasteiger partial charge on any atom is 0.309 e. The van der Waals surface area contributed by atoms with Gasteiger partial charge in [-0.3, -0.25) is 4.79 Å². The molecule has 0 spiro atoms. The average Bonchev–Trinajstić information content (AvgIpc) is 1.98. The van der Waals surface area contributed by atoms with E-state index in [2.05, 4.69) is 0 Å². The van der Waals surface area contributed by atoms with Crippen molar-refractivity contribution in [1.29, 1.82) is 0 Å². The van der Waals surface area contributed by atoms with Crippen LogP contribution in [-0.2, 0) is 9.53 Å². The van der Waals surface area contributed by atoms with Gasteiger partial charge in [0.25, 0.3) is 0 Å². The molecular formula is C9H18ClNO3. The molecule has 3 N–H and O–H groups in total. The molecule has 0 bridgehead atoms. The fraction of sp³-hybridized carbons (Fsp3) is 0.889. The molecule has 0 aliphatic heterocycles. The molecule has 0 aromatic carbocycles. The number of carbonyl (C=O) groups excluding carboxylic acids is 1. The molecule has 1 unspecified atom stereocenters. The van der Waals surface area contributed by atoms with Crippen molar-refractivity contribution in [3.05, 3.63) is 0 Å². The van der Waals surface area contributed by atoms with E-state index in [0.717, 1.165) is 0 Å². The molecule has 1 aliphatic carbocycles. The van der Waals surface area contributed by atoms with E-state index in [1.807, 2.05) is 0 Å². The van der Waals surface area contributed by atoms with Gasteiger partial charge in [-0.05, 0) is 26.7 Å². The molecule has 5 heteroatoms. The summed E-state index contributed by atoms with van der Waals surface area (Å²) in [6.45, 7) is 3.92. The quantitative estimate of drug-likeness (QED) is 0.682. The molecule has 0 aromatic rings. The molecule has 1 fully saturated rings. The highest BCUT2D eigenvalue weighted by atomic mass is 35.5. The first-order chi connectivity index (χ1) is 5.99. The van der Waals surface area contributed by atoms with E-state index < -0.39 is 5.60 Å². The van der Waals surface area contributed by atoms with Crippen LogP contribution in [0, 0.1) is 5.92 Å². The number of esters is 1. The standard InChI is InChI=1S/C9H17NO3.ClH/c1-3-13-8(11)7-4-9(12,5-7)6(2)10;/h6-7,12H,3-5,10H2,1-2H3;1H. The molecule has 1 saturated carbocycles. The first-order valence-electron chi connectivity index (χ1n) is 4.64. The number of aliphatic hydroxyl groups is 1. The van der Waals surface area contributed by atoms with Crippen LogP contribution in [0.3, 0.4) is 0 Å². The Morgan fingerprint density at radius 1 is 1.71 bits per heavy atom. The Kier molecular flexibility index (Phi) is 4.84. The molecule has 0 radical (unpaired) electrons. The SMILES string of the molecule is CCOC(=O)C1CC(O)(C(C)N)C1.Cl. The number of halogens is 1. The van der Waals surface area contributed by atoms with E-state index in [-0.39, 0.29) is 30.3 Å². The highest BCUT2D eigenvalue weighted by Gasteiger charge is 2.49. The van der Waals surface area contributed by atoms with Gasteiger partial charge in [0, 0.05) is 6.04 Å². The van der Waals surface area contributed by atoms with Crippen LogP contribution in [0.25, 0.3) is 0 Å². The van der Waals surface area contributed by atoms with Crippen LogP contribution >= 0.6 is 12.4 Å². The molecule has 4 nitrogen and oxygen atoms in total. The molecule has 0 amide bonds. The third-order valence-corrected chi connectivity index (χ3v) is 2.67. The van der Waals surface area contributed by atoms with Crippen molar-refractivity contribution in [2.45, 2.75) is 38.3 Å². The van der Waals surface area contributed by atoms with Crippen LogP contribution in [0.5, 0.6) is 0 Å². The summed E-state index contributed by atoms with van der Waals surface area (Å²) in [5.74, 6) is -0.372. The molecular weight excluding hydrogens is 206 g/mol. The van der Waals surface area contributed by atoms with E-state index in [1.54, 1.807) is 13.8 Å². The Morgan fingerprint density at radius 3 is 2.57 bits per heavy atom. The van der Waals surface area contributed by atoms with Gasteiger partial charge in [-0.25, -0.2) is 0 Å². The molecule has 0 heterocycles. The van der Waals surface area contributed by atoms with Gasteiger partial charge in [0.1, 0.15) is 0 Å². The van der Waals surface area contributed by atoms with Crippen molar-refractivity contribution in [1.82, 2.24) is 0 Å². The van der Waals surface area contributed by atoms with E-state index in [9.17, 15) is 9.90 Å². The van der Waals surface area contributed by atoms with Crippen LogP contribution in [0.4, 0.5) is 0 Å². The summed E-state index contributed by atoms with van der Waals surface area (Å²) in [6.07, 6.45) is 0.868. The molecule has 1 aliphatic rings. The maximum atomic E-state index is 11.2. The summed E-state index contributed by atoms with van der Waals surface area (Å²) >= 11 is 0. The smallest absolute Gasteiger partial charge is 0.309 e. The van der Waals surface area contributed by atoms with Gasteiger partial charge in [-0.1, -0.05) is 0 Å². The van der Waals surface area contributed by atoms with E-state index in [0.29, 0.717) is 19.4 Å². The highest BCUT2D eigenvalue weighted by Crippen LogP contribution is 2.40. The predicted molar refractivity (Wildman–Crippen MR) is 55.2 cm³/mol. The summed E-state index contributed by atoms with van der Waals surface area (Å²) in [5, 5.41) is 9.74. The first-order valence-corrected chi connectivity index (χ1v) is 4.64. The van der Waals surface area contributed by atoms with Crippen LogP contribution in [0.15, 0.2) is 0 Å². The second kappa shape index (κ2) is 4.96. The van der Waals surface area contributed by atoms with Crippen LogP contribution < -0.4 is 5.73 Å². The molecule has 14 heavy (non-hydrogen) atoms. The maximum absolute atomic E-state index is 11.2. The fourth-order valence-electron chi connectivity index (χ4n) is 1.59. The van der Waals surface area contributed by atoms with E-state index in [1.165, 1.54) is 0 Å². The number of carbonyl (C=O) groups is 1. The van der Waals surface area contributed by atoms with Crippen molar-refractivity contribution >= 4 is 18.4 Å². The third-order valence-electron chi connectivity index (χ3n) is 2.67. The molecule has 1 rings (SSSR count). The Bertz CT molecular complexity index is 202. The zero-order valence-corrected chi connectivity index (χ0v) is 9.34. The number of ether oxygens (including phenoxy) is 1. The van der Waals surface area contributed by atoms with Crippen molar-refractivity contribution in [3.63, 3.8) is 0 Å². The minimum Gasteiger partial charge on any atom is -0.466 e. The zero-order chi connectivity index (χ0) is 10.1. The summed E-state index contributed by atoms with van der Waals surface area (Å²) < 4.78 is 4.83. The van der Waals surface area contributed by atoms with Gasteiger partial charge in [0.2, 0.25) is 0 Å². The Balaban J connectivity index is 0.00000169. The molecule has 84 valence electrons. The summed E-state index contributed by atoms with van der Waals surface area (Å²) in [6, 6.07) is -0.279. The van der Waals surface area contributed by atoms with Crippen molar-refractivity contribution < 1.29 is 14.6 Å².